The summed E-state index contributed by atoms with van der Waals surface area (Å²) in [4.78, 5) is 41.1. The number of hydrogen-bond donors (Lipinski definition) is 2. The molecule has 0 spiro atoms. The molecule has 1 aromatic heterocycles. The Balaban J connectivity index is 0.00000370. The van der Waals surface area contributed by atoms with Crippen LogP contribution in [0.15, 0.2) is 83.5 Å². The summed E-state index contributed by atoms with van der Waals surface area (Å²) in [6.45, 7) is 0.0489. The molecule has 0 bridgehead atoms. The molecule has 10 nitrogen and oxygen atoms in total. The fraction of sp³-hybridized carbons (Fsp3) is 0.143. The molecule has 199 valence electrons. The van der Waals surface area contributed by atoms with E-state index in [9.17, 15) is 18.8 Å². The van der Waals surface area contributed by atoms with Gasteiger partial charge in [-0.05, 0) is 72.8 Å². The maximum atomic E-state index is 13.2. The molecule has 0 aliphatic carbocycles. The van der Waals surface area contributed by atoms with Crippen LogP contribution in [0.4, 0.5) is 9.18 Å². The third-order valence-electron chi connectivity index (χ3n) is 5.94. The van der Waals surface area contributed by atoms with Gasteiger partial charge in [-0.15, -0.1) is 0 Å². The standard InChI is InChI=1S/C28H22FN3O7.Na/c1-36-15-14-28(25(33)31-27(35)32-26(28)34)39-22-12-10-21(11-13-22)38-20-8-4-18(5-9-20)24-30-23(16-37-24)17-2-6-19(29)7-3-17;/h2-13,16H,14-15H2,1H3,(H2,31,32,33,34,35);. The van der Waals surface area contributed by atoms with Crippen LogP contribution in [0.5, 0.6) is 17.2 Å². The number of halogens is 1. The third kappa shape index (κ3) is 6.23. The molecule has 4 aromatic rings. The van der Waals surface area contributed by atoms with Crippen molar-refractivity contribution in [2.45, 2.75) is 12.0 Å². The maximum Gasteiger partial charge on any atom is 0.328 e. The zero-order chi connectivity index (χ0) is 27.4. The number of urea groups is 1. The van der Waals surface area contributed by atoms with Crippen LogP contribution in [0.3, 0.4) is 0 Å². The summed E-state index contributed by atoms with van der Waals surface area (Å²) in [5.74, 6) is -0.430. The number of carbonyl (C=O) groups is 3. The van der Waals surface area contributed by atoms with Crippen LogP contribution < -0.4 is 20.1 Å². The number of nitrogens with one attached hydrogen (secondary N) is 2. The van der Waals surface area contributed by atoms with Crippen LogP contribution >= 0.6 is 0 Å². The van der Waals surface area contributed by atoms with E-state index in [-0.39, 0.29) is 54.2 Å². The molecule has 5 rings (SSSR count). The monoisotopic (exact) mass is 554 g/mol. The molecule has 40 heavy (non-hydrogen) atoms. The number of imide groups is 2. The second-order valence-corrected chi connectivity index (χ2v) is 8.55. The van der Waals surface area contributed by atoms with E-state index in [1.54, 1.807) is 60.7 Å². The van der Waals surface area contributed by atoms with E-state index in [0.717, 1.165) is 11.1 Å². The van der Waals surface area contributed by atoms with Gasteiger partial charge < -0.3 is 18.6 Å². The summed E-state index contributed by atoms with van der Waals surface area (Å²) in [5.41, 5.74) is 0.0925. The largest absolute Gasteiger partial charge is 0.467 e. The number of carbonyl (C=O) groups excluding carboxylic acids is 3. The van der Waals surface area contributed by atoms with E-state index < -0.39 is 23.4 Å². The van der Waals surface area contributed by atoms with Crippen molar-refractivity contribution in [3.63, 3.8) is 0 Å². The van der Waals surface area contributed by atoms with E-state index in [4.69, 9.17) is 18.6 Å². The van der Waals surface area contributed by atoms with Crippen molar-refractivity contribution in [3.05, 3.63) is 84.9 Å². The van der Waals surface area contributed by atoms with Gasteiger partial charge in [0.05, 0.1) is 6.61 Å². The first-order chi connectivity index (χ1) is 18.9. The van der Waals surface area contributed by atoms with Gasteiger partial charge in [-0.25, -0.2) is 14.2 Å². The molecule has 1 saturated heterocycles. The third-order valence-corrected chi connectivity index (χ3v) is 5.94. The van der Waals surface area contributed by atoms with E-state index >= 15 is 0 Å². The molecule has 2 heterocycles. The average Bonchev–Trinajstić information content (AvgIpc) is 3.42. The molecule has 1 fully saturated rings. The first-order valence-electron chi connectivity index (χ1n) is 11.8. The minimum Gasteiger partial charge on any atom is -0.467 e. The maximum absolute atomic E-state index is 13.2. The number of oxazole rings is 1. The minimum atomic E-state index is -1.96. The van der Waals surface area contributed by atoms with Crippen LogP contribution in [-0.2, 0) is 14.3 Å². The van der Waals surface area contributed by atoms with Crippen LogP contribution in [0.1, 0.15) is 6.42 Å². The zero-order valence-corrected chi connectivity index (χ0v) is 23.6. The van der Waals surface area contributed by atoms with Crippen LogP contribution in [0.2, 0.25) is 0 Å². The molecular formula is C28H22FN3NaO7. The van der Waals surface area contributed by atoms with Crippen molar-refractivity contribution in [2.24, 2.45) is 0 Å². The van der Waals surface area contributed by atoms with Crippen molar-refractivity contribution in [1.82, 2.24) is 15.6 Å². The fourth-order valence-corrected chi connectivity index (χ4v) is 3.90. The van der Waals surface area contributed by atoms with Gasteiger partial charge in [-0.3, -0.25) is 20.2 Å². The SMILES string of the molecule is COCCC1(Oc2ccc(Oc3ccc(-c4nc(-c5ccc(F)cc5)co4)cc3)cc2)C(=O)NC(=O)NC1=O.[Na]. The Kier molecular flexibility index (Phi) is 9.00. The summed E-state index contributed by atoms with van der Waals surface area (Å²) in [6, 6.07) is 18.4. The molecule has 1 radical (unpaired) electrons. The molecule has 0 saturated carbocycles. The van der Waals surface area contributed by atoms with E-state index in [0.29, 0.717) is 23.1 Å². The number of amides is 4. The molecule has 1 aliphatic heterocycles. The first-order valence-corrected chi connectivity index (χ1v) is 11.8. The van der Waals surface area contributed by atoms with Crippen LogP contribution in [0, 0.1) is 5.82 Å². The first kappa shape index (κ1) is 29.0. The molecule has 12 heteroatoms. The number of aromatic nitrogens is 1. The topological polar surface area (TPSA) is 129 Å². The van der Waals surface area contributed by atoms with Crippen LogP contribution in [-0.4, -0.2) is 71.7 Å². The normalized spacial score (nSPS) is 14.1. The van der Waals surface area contributed by atoms with Gasteiger partial charge in [0.25, 0.3) is 17.4 Å². The Bertz CT molecular complexity index is 1490. The molecule has 1 aliphatic rings. The number of hydrogen-bond acceptors (Lipinski definition) is 8. The molecule has 0 atom stereocenters. The molecule has 0 unspecified atom stereocenters. The summed E-state index contributed by atoms with van der Waals surface area (Å²) in [7, 11) is 1.42. The van der Waals surface area contributed by atoms with E-state index in [2.05, 4.69) is 15.6 Å². The van der Waals surface area contributed by atoms with E-state index in [1.165, 1.54) is 25.5 Å². The summed E-state index contributed by atoms with van der Waals surface area (Å²) in [6.07, 6.45) is 1.41. The zero-order valence-electron chi connectivity index (χ0n) is 21.6. The van der Waals surface area contributed by atoms with Crippen molar-refractivity contribution < 1.29 is 37.4 Å². The second-order valence-electron chi connectivity index (χ2n) is 8.55. The van der Waals surface area contributed by atoms with Crippen molar-refractivity contribution in [3.8, 4) is 40.0 Å². The minimum absolute atomic E-state index is 0. The quantitative estimate of drug-likeness (QED) is 0.234. The summed E-state index contributed by atoms with van der Waals surface area (Å²) in [5, 5.41) is 4.12. The van der Waals surface area contributed by atoms with E-state index in [1.807, 2.05) is 0 Å². The van der Waals surface area contributed by atoms with Gasteiger partial charge in [0.15, 0.2) is 0 Å². The Morgan fingerprint density at radius 1 is 0.825 bits per heavy atom. The number of rotatable bonds is 9. The summed E-state index contributed by atoms with van der Waals surface area (Å²) >= 11 is 0. The molecular weight excluding hydrogens is 532 g/mol. The Morgan fingerprint density at radius 3 is 1.98 bits per heavy atom. The van der Waals surface area contributed by atoms with Gasteiger partial charge in [-0.1, -0.05) is 0 Å². The smallest absolute Gasteiger partial charge is 0.328 e. The fourth-order valence-electron chi connectivity index (χ4n) is 3.90. The number of barbiturate groups is 1. The molecule has 4 amide bonds. The number of methoxy groups -OCH3 is 1. The second kappa shape index (κ2) is 12.4. The average molecular weight is 554 g/mol. The summed E-state index contributed by atoms with van der Waals surface area (Å²) < 4.78 is 35.4. The van der Waals surface area contributed by atoms with Gasteiger partial charge in [0, 0.05) is 54.2 Å². The number of benzene rings is 3. The van der Waals surface area contributed by atoms with Crippen LogP contribution in [0.25, 0.3) is 22.7 Å². The Labute approximate surface area is 250 Å². The number of ether oxygens (including phenoxy) is 3. The predicted octanol–water partition coefficient (Wildman–Crippen LogP) is 4.08. The molecule has 3 aromatic carbocycles. The Hall–Kier alpha value is -4.03. The van der Waals surface area contributed by atoms with Crippen molar-refractivity contribution >= 4 is 47.4 Å². The Morgan fingerprint density at radius 2 is 1.38 bits per heavy atom. The van der Waals surface area contributed by atoms with Crippen molar-refractivity contribution in [1.29, 1.82) is 0 Å². The predicted molar refractivity (Wildman–Crippen MR) is 141 cm³/mol. The van der Waals surface area contributed by atoms with Gasteiger partial charge in [-0.2, -0.15) is 0 Å². The number of nitrogens with zero attached hydrogens (tertiary/aromatic N) is 1. The van der Waals surface area contributed by atoms with Gasteiger partial charge in [0.2, 0.25) is 5.89 Å². The van der Waals surface area contributed by atoms with Crippen molar-refractivity contribution in [2.75, 3.05) is 13.7 Å². The molecule has 2 N–H and O–H groups in total. The van der Waals surface area contributed by atoms with Gasteiger partial charge in [0.1, 0.15) is 35.0 Å². The van der Waals surface area contributed by atoms with Gasteiger partial charge >= 0.3 is 6.03 Å².